The zero-order valence-corrected chi connectivity index (χ0v) is 15.5. The Bertz CT molecular complexity index is 983. The van der Waals surface area contributed by atoms with Gasteiger partial charge in [-0.3, -0.25) is 14.4 Å². The number of carbonyl (C=O) groups is 1. The molecule has 1 fully saturated rings. The van der Waals surface area contributed by atoms with Gasteiger partial charge >= 0.3 is 0 Å². The van der Waals surface area contributed by atoms with E-state index in [0.717, 1.165) is 55.5 Å². The van der Waals surface area contributed by atoms with Crippen molar-refractivity contribution in [2.45, 2.75) is 51.4 Å². The lowest BCUT2D eigenvalue weighted by molar-refractivity contribution is 0.0710. The van der Waals surface area contributed by atoms with Gasteiger partial charge in [0.05, 0.1) is 5.69 Å². The summed E-state index contributed by atoms with van der Waals surface area (Å²) in [5, 5.41) is 0. The maximum Gasteiger partial charge on any atom is 0.261 e. The normalized spacial score (nSPS) is 17.6. The quantitative estimate of drug-likeness (QED) is 0.842. The standard InChI is InChI=1S/C20H24N4O3/c1-12-21-17(11-18(25)22-12)13-6-8-24(9-7-13)20(27)15-10-14-4-2-3-5-16(14)23-19(15)26/h10-11,13H,2-9H2,1H3,(H,23,26)(H,21,22,25). The highest BCUT2D eigenvalue weighted by Crippen LogP contribution is 2.27. The third-order valence-corrected chi connectivity index (χ3v) is 5.65. The van der Waals surface area contributed by atoms with Gasteiger partial charge in [-0.2, -0.15) is 0 Å². The molecule has 142 valence electrons. The van der Waals surface area contributed by atoms with Gasteiger partial charge in [-0.1, -0.05) is 0 Å². The molecule has 2 aromatic rings. The third-order valence-electron chi connectivity index (χ3n) is 5.65. The Morgan fingerprint density at radius 1 is 1.11 bits per heavy atom. The van der Waals surface area contributed by atoms with E-state index in [-0.39, 0.29) is 28.5 Å². The molecule has 0 unspecified atom stereocenters. The number of H-pyrrole nitrogens is 2. The lowest BCUT2D eigenvalue weighted by Gasteiger charge is -2.31. The first-order chi connectivity index (χ1) is 13.0. The molecule has 1 aliphatic carbocycles. The van der Waals surface area contributed by atoms with Crippen molar-refractivity contribution >= 4 is 5.91 Å². The van der Waals surface area contributed by atoms with Crippen LogP contribution in [0.1, 0.15) is 64.7 Å². The fourth-order valence-corrected chi connectivity index (χ4v) is 4.19. The molecule has 3 heterocycles. The zero-order valence-electron chi connectivity index (χ0n) is 15.5. The summed E-state index contributed by atoms with van der Waals surface area (Å²) in [6.45, 7) is 2.90. The minimum absolute atomic E-state index is 0.142. The Kier molecular flexibility index (Phi) is 4.68. The van der Waals surface area contributed by atoms with Gasteiger partial charge in [0.15, 0.2) is 0 Å². The van der Waals surface area contributed by atoms with Crippen molar-refractivity contribution < 1.29 is 4.79 Å². The second kappa shape index (κ2) is 7.13. The largest absolute Gasteiger partial charge is 0.338 e. The van der Waals surface area contributed by atoms with Crippen molar-refractivity contribution in [1.29, 1.82) is 0 Å². The number of carbonyl (C=O) groups excluding carboxylic acids is 1. The molecule has 2 aromatic heterocycles. The van der Waals surface area contributed by atoms with Crippen LogP contribution in [0.2, 0.25) is 0 Å². The molecule has 0 radical (unpaired) electrons. The van der Waals surface area contributed by atoms with E-state index in [4.69, 9.17) is 0 Å². The summed E-state index contributed by atoms with van der Waals surface area (Å²) >= 11 is 0. The van der Waals surface area contributed by atoms with Crippen molar-refractivity contribution in [3.05, 3.63) is 61.2 Å². The molecular formula is C20H24N4O3. The van der Waals surface area contributed by atoms with E-state index in [0.29, 0.717) is 18.9 Å². The van der Waals surface area contributed by atoms with Gasteiger partial charge in [0.2, 0.25) is 0 Å². The molecule has 0 atom stereocenters. The van der Waals surface area contributed by atoms with Crippen LogP contribution in [0.3, 0.4) is 0 Å². The number of nitrogens with zero attached hydrogens (tertiary/aromatic N) is 2. The summed E-state index contributed by atoms with van der Waals surface area (Å²) < 4.78 is 0. The van der Waals surface area contributed by atoms with Gasteiger partial charge < -0.3 is 14.9 Å². The average molecular weight is 368 g/mol. The number of pyridine rings is 1. The highest BCUT2D eigenvalue weighted by atomic mass is 16.2. The lowest BCUT2D eigenvalue weighted by atomic mass is 9.92. The first-order valence-electron chi connectivity index (χ1n) is 9.63. The van der Waals surface area contributed by atoms with E-state index in [9.17, 15) is 14.4 Å². The number of likely N-dealkylation sites (tertiary alicyclic amines) is 1. The summed E-state index contributed by atoms with van der Waals surface area (Å²) in [7, 11) is 0. The van der Waals surface area contributed by atoms with Gasteiger partial charge in [0.1, 0.15) is 11.4 Å². The molecule has 2 N–H and O–H groups in total. The van der Waals surface area contributed by atoms with Crippen LogP contribution in [0, 0.1) is 6.92 Å². The Morgan fingerprint density at radius 2 is 1.85 bits per heavy atom. The van der Waals surface area contributed by atoms with Gasteiger partial charge in [-0.15, -0.1) is 0 Å². The van der Waals surface area contributed by atoms with Crippen LogP contribution in [0.15, 0.2) is 21.7 Å². The number of aromatic amines is 2. The van der Waals surface area contributed by atoms with E-state index >= 15 is 0 Å². The van der Waals surface area contributed by atoms with Crippen molar-refractivity contribution in [3.8, 4) is 0 Å². The minimum Gasteiger partial charge on any atom is -0.338 e. The molecule has 4 rings (SSSR count). The average Bonchev–Trinajstić information content (AvgIpc) is 2.66. The van der Waals surface area contributed by atoms with Gasteiger partial charge in [-0.25, -0.2) is 4.98 Å². The van der Waals surface area contributed by atoms with Crippen LogP contribution in [0.5, 0.6) is 0 Å². The number of hydrogen-bond acceptors (Lipinski definition) is 4. The number of aryl methyl sites for hydroxylation is 3. The Balaban J connectivity index is 1.49. The van der Waals surface area contributed by atoms with Gasteiger partial charge in [0.25, 0.3) is 17.0 Å². The van der Waals surface area contributed by atoms with Crippen LogP contribution in [-0.2, 0) is 12.8 Å². The van der Waals surface area contributed by atoms with E-state index in [1.165, 1.54) is 0 Å². The number of amides is 1. The van der Waals surface area contributed by atoms with E-state index < -0.39 is 0 Å². The number of rotatable bonds is 2. The van der Waals surface area contributed by atoms with Crippen LogP contribution < -0.4 is 11.1 Å². The number of hydrogen-bond donors (Lipinski definition) is 2. The summed E-state index contributed by atoms with van der Waals surface area (Å²) in [5.41, 5.74) is 2.69. The second-order valence-corrected chi connectivity index (χ2v) is 7.55. The molecule has 0 bridgehead atoms. The van der Waals surface area contributed by atoms with Crippen molar-refractivity contribution in [1.82, 2.24) is 19.9 Å². The maximum absolute atomic E-state index is 12.9. The van der Waals surface area contributed by atoms with Crippen molar-refractivity contribution in [3.63, 3.8) is 0 Å². The fourth-order valence-electron chi connectivity index (χ4n) is 4.19. The SMILES string of the molecule is Cc1nc(C2CCN(C(=O)c3cc4c([nH]c3=O)CCCC4)CC2)cc(=O)[nH]1. The molecule has 27 heavy (non-hydrogen) atoms. The number of piperidine rings is 1. The Hall–Kier alpha value is -2.70. The highest BCUT2D eigenvalue weighted by molar-refractivity contribution is 5.94. The predicted molar refractivity (Wildman–Crippen MR) is 101 cm³/mol. The van der Waals surface area contributed by atoms with Crippen molar-refractivity contribution in [2.24, 2.45) is 0 Å². The van der Waals surface area contributed by atoms with E-state index in [1.807, 2.05) is 0 Å². The number of aromatic nitrogens is 3. The van der Waals surface area contributed by atoms with Crippen molar-refractivity contribution in [2.75, 3.05) is 13.1 Å². The third kappa shape index (κ3) is 3.59. The first-order valence-corrected chi connectivity index (χ1v) is 9.63. The Morgan fingerprint density at radius 3 is 2.59 bits per heavy atom. The molecule has 0 spiro atoms. The zero-order chi connectivity index (χ0) is 19.0. The lowest BCUT2D eigenvalue weighted by Crippen LogP contribution is -2.40. The summed E-state index contributed by atoms with van der Waals surface area (Å²) in [6.07, 6.45) is 5.46. The maximum atomic E-state index is 12.9. The van der Waals surface area contributed by atoms with Gasteiger partial charge in [0, 0.05) is 30.8 Å². The first kappa shape index (κ1) is 17.7. The summed E-state index contributed by atoms with van der Waals surface area (Å²) in [4.78, 5) is 48.7. The molecule has 0 aromatic carbocycles. The Labute approximate surface area is 156 Å². The molecular weight excluding hydrogens is 344 g/mol. The van der Waals surface area contributed by atoms with Crippen LogP contribution in [0.25, 0.3) is 0 Å². The highest BCUT2D eigenvalue weighted by Gasteiger charge is 2.27. The summed E-state index contributed by atoms with van der Waals surface area (Å²) in [6, 6.07) is 3.34. The van der Waals surface area contributed by atoms with E-state index in [1.54, 1.807) is 24.0 Å². The second-order valence-electron chi connectivity index (χ2n) is 7.55. The monoisotopic (exact) mass is 368 g/mol. The van der Waals surface area contributed by atoms with Crippen LogP contribution in [0.4, 0.5) is 0 Å². The molecule has 1 amide bonds. The molecule has 7 heteroatoms. The summed E-state index contributed by atoms with van der Waals surface area (Å²) in [5.74, 6) is 0.576. The molecule has 2 aliphatic rings. The van der Waals surface area contributed by atoms with Gasteiger partial charge in [-0.05, 0) is 57.1 Å². The fraction of sp³-hybridized carbons (Fsp3) is 0.500. The minimum atomic E-state index is -0.283. The molecule has 1 aliphatic heterocycles. The van der Waals surface area contributed by atoms with Crippen LogP contribution in [-0.4, -0.2) is 38.8 Å². The predicted octanol–water partition coefficient (Wildman–Crippen LogP) is 1.67. The molecule has 1 saturated heterocycles. The number of nitrogens with one attached hydrogen (secondary N) is 2. The molecule has 7 nitrogen and oxygen atoms in total. The van der Waals surface area contributed by atoms with Crippen LogP contribution >= 0.6 is 0 Å². The molecule has 0 saturated carbocycles. The van der Waals surface area contributed by atoms with E-state index in [2.05, 4.69) is 15.0 Å². The topological polar surface area (TPSA) is 98.9 Å². The smallest absolute Gasteiger partial charge is 0.261 e. The number of fused-ring (bicyclic) bond motifs is 1.